The SMILES string of the molecule is CCC(=O)N1CCCCC1C(=O)N(C)CC(=O)Nc1ccccc1CC. The number of aryl methyl sites for hydroxylation is 1. The van der Waals surface area contributed by atoms with E-state index in [-0.39, 0.29) is 24.3 Å². The minimum Gasteiger partial charge on any atom is -0.335 e. The number of hydrogen-bond donors (Lipinski definition) is 1. The van der Waals surface area contributed by atoms with Crippen LogP contribution in [0.2, 0.25) is 0 Å². The predicted octanol–water partition coefficient (Wildman–Crippen LogP) is 2.44. The van der Waals surface area contributed by atoms with Crippen molar-refractivity contribution >= 4 is 23.4 Å². The maximum atomic E-state index is 12.8. The summed E-state index contributed by atoms with van der Waals surface area (Å²) in [5, 5.41) is 2.88. The van der Waals surface area contributed by atoms with Gasteiger partial charge in [-0.25, -0.2) is 0 Å². The van der Waals surface area contributed by atoms with Crippen molar-refractivity contribution < 1.29 is 14.4 Å². The van der Waals surface area contributed by atoms with Gasteiger partial charge in [-0.05, 0) is 37.3 Å². The van der Waals surface area contributed by atoms with Crippen molar-refractivity contribution in [2.45, 2.75) is 52.0 Å². The molecular weight excluding hydrogens is 330 g/mol. The van der Waals surface area contributed by atoms with Gasteiger partial charge >= 0.3 is 0 Å². The number of nitrogens with zero attached hydrogens (tertiary/aromatic N) is 2. The van der Waals surface area contributed by atoms with Gasteiger partial charge in [0.1, 0.15) is 6.04 Å². The van der Waals surface area contributed by atoms with Crippen LogP contribution >= 0.6 is 0 Å². The van der Waals surface area contributed by atoms with Gasteiger partial charge in [0.15, 0.2) is 0 Å². The topological polar surface area (TPSA) is 69.7 Å². The molecular formula is C20H29N3O3. The molecule has 0 radical (unpaired) electrons. The smallest absolute Gasteiger partial charge is 0.245 e. The zero-order valence-corrected chi connectivity index (χ0v) is 16.0. The second-order valence-corrected chi connectivity index (χ2v) is 6.71. The fourth-order valence-corrected chi connectivity index (χ4v) is 3.38. The molecule has 142 valence electrons. The minimum atomic E-state index is -0.447. The molecule has 0 saturated carbocycles. The summed E-state index contributed by atoms with van der Waals surface area (Å²) in [6.45, 7) is 4.43. The molecule has 1 fully saturated rings. The first-order chi connectivity index (χ1) is 12.5. The average Bonchev–Trinajstić information content (AvgIpc) is 2.67. The van der Waals surface area contributed by atoms with Crippen LogP contribution in [0, 0.1) is 0 Å². The Hall–Kier alpha value is -2.37. The highest BCUT2D eigenvalue weighted by Crippen LogP contribution is 2.20. The lowest BCUT2D eigenvalue weighted by atomic mass is 10.0. The highest BCUT2D eigenvalue weighted by atomic mass is 16.2. The molecule has 1 aromatic rings. The van der Waals surface area contributed by atoms with Crippen LogP contribution in [0.25, 0.3) is 0 Å². The minimum absolute atomic E-state index is 0.00206. The van der Waals surface area contributed by atoms with Crippen LogP contribution in [-0.2, 0) is 20.8 Å². The van der Waals surface area contributed by atoms with E-state index in [4.69, 9.17) is 0 Å². The van der Waals surface area contributed by atoms with E-state index < -0.39 is 6.04 Å². The van der Waals surface area contributed by atoms with Crippen molar-refractivity contribution in [3.8, 4) is 0 Å². The Morgan fingerprint density at radius 1 is 1.19 bits per heavy atom. The van der Waals surface area contributed by atoms with Crippen molar-refractivity contribution in [2.24, 2.45) is 0 Å². The predicted molar refractivity (Wildman–Crippen MR) is 102 cm³/mol. The van der Waals surface area contributed by atoms with Gasteiger partial charge in [0, 0.05) is 25.7 Å². The standard InChI is InChI=1S/C20H29N3O3/c1-4-15-10-6-7-11-16(15)21-18(24)14-22(3)20(26)17-12-8-9-13-23(17)19(25)5-2/h6-7,10-11,17H,4-5,8-9,12-14H2,1-3H3,(H,21,24). The molecule has 1 aromatic carbocycles. The normalized spacial score (nSPS) is 16.9. The maximum Gasteiger partial charge on any atom is 0.245 e. The molecule has 0 aliphatic carbocycles. The quantitative estimate of drug-likeness (QED) is 0.848. The monoisotopic (exact) mass is 359 g/mol. The largest absolute Gasteiger partial charge is 0.335 e. The lowest BCUT2D eigenvalue weighted by Crippen LogP contribution is -2.53. The number of hydrogen-bond acceptors (Lipinski definition) is 3. The number of benzene rings is 1. The zero-order chi connectivity index (χ0) is 19.1. The molecule has 1 N–H and O–H groups in total. The number of nitrogens with one attached hydrogen (secondary N) is 1. The Morgan fingerprint density at radius 3 is 2.62 bits per heavy atom. The molecule has 26 heavy (non-hydrogen) atoms. The van der Waals surface area contributed by atoms with E-state index in [2.05, 4.69) is 5.32 Å². The number of para-hydroxylation sites is 1. The molecule has 1 saturated heterocycles. The third-order valence-electron chi connectivity index (χ3n) is 4.84. The van der Waals surface area contributed by atoms with Crippen LogP contribution in [-0.4, -0.2) is 53.7 Å². The van der Waals surface area contributed by atoms with Crippen molar-refractivity contribution in [2.75, 3.05) is 25.5 Å². The van der Waals surface area contributed by atoms with Gasteiger partial charge in [0.05, 0.1) is 6.54 Å². The van der Waals surface area contributed by atoms with Crippen LogP contribution in [0.4, 0.5) is 5.69 Å². The molecule has 0 bridgehead atoms. The fraction of sp³-hybridized carbons (Fsp3) is 0.550. The van der Waals surface area contributed by atoms with Crippen molar-refractivity contribution in [3.05, 3.63) is 29.8 Å². The van der Waals surface area contributed by atoms with Crippen molar-refractivity contribution in [1.82, 2.24) is 9.80 Å². The summed E-state index contributed by atoms with van der Waals surface area (Å²) in [5.41, 5.74) is 1.84. The summed E-state index contributed by atoms with van der Waals surface area (Å²) in [6.07, 6.45) is 3.72. The van der Waals surface area contributed by atoms with Gasteiger partial charge in [-0.3, -0.25) is 14.4 Å². The van der Waals surface area contributed by atoms with Crippen LogP contribution in [0.15, 0.2) is 24.3 Å². The van der Waals surface area contributed by atoms with Crippen molar-refractivity contribution in [3.63, 3.8) is 0 Å². The Morgan fingerprint density at radius 2 is 1.92 bits per heavy atom. The first-order valence-electron chi connectivity index (χ1n) is 9.40. The van der Waals surface area contributed by atoms with Gasteiger partial charge in [0.2, 0.25) is 17.7 Å². The van der Waals surface area contributed by atoms with Crippen molar-refractivity contribution in [1.29, 1.82) is 0 Å². The molecule has 6 heteroatoms. The molecule has 0 aromatic heterocycles. The molecule has 0 spiro atoms. The van der Waals surface area contributed by atoms with Crippen LogP contribution in [0.1, 0.15) is 45.1 Å². The number of piperidine rings is 1. The number of carbonyl (C=O) groups excluding carboxylic acids is 3. The summed E-state index contributed by atoms with van der Waals surface area (Å²) in [7, 11) is 1.62. The third-order valence-corrected chi connectivity index (χ3v) is 4.84. The number of rotatable bonds is 6. The highest BCUT2D eigenvalue weighted by molar-refractivity contribution is 5.96. The number of amides is 3. The Kier molecular flexibility index (Phi) is 7.18. The second-order valence-electron chi connectivity index (χ2n) is 6.71. The second kappa shape index (κ2) is 9.36. The summed E-state index contributed by atoms with van der Waals surface area (Å²) in [6, 6.07) is 7.20. The van der Waals surface area contributed by atoms with Gasteiger partial charge in [-0.15, -0.1) is 0 Å². The summed E-state index contributed by atoms with van der Waals surface area (Å²) in [5.74, 6) is -0.394. The van der Waals surface area contributed by atoms with E-state index in [1.807, 2.05) is 31.2 Å². The lowest BCUT2D eigenvalue weighted by Gasteiger charge is -2.36. The van der Waals surface area contributed by atoms with E-state index in [1.54, 1.807) is 18.9 Å². The number of carbonyl (C=O) groups is 3. The average molecular weight is 359 g/mol. The summed E-state index contributed by atoms with van der Waals surface area (Å²) >= 11 is 0. The van der Waals surface area contributed by atoms with Crippen LogP contribution in [0.3, 0.4) is 0 Å². The first kappa shape index (κ1) is 19.9. The van der Waals surface area contributed by atoms with E-state index >= 15 is 0 Å². The van der Waals surface area contributed by atoms with Gasteiger partial charge in [-0.1, -0.05) is 32.0 Å². The molecule has 2 rings (SSSR count). The van der Waals surface area contributed by atoms with Gasteiger partial charge < -0.3 is 15.1 Å². The molecule has 1 atom stereocenters. The third kappa shape index (κ3) is 4.84. The summed E-state index contributed by atoms with van der Waals surface area (Å²) in [4.78, 5) is 40.4. The van der Waals surface area contributed by atoms with E-state index in [1.165, 1.54) is 4.90 Å². The first-order valence-corrected chi connectivity index (χ1v) is 9.40. The Labute approximate surface area is 155 Å². The molecule has 3 amide bonds. The van der Waals surface area contributed by atoms with E-state index in [0.29, 0.717) is 19.4 Å². The number of likely N-dealkylation sites (N-methyl/N-ethyl adjacent to an activating group) is 1. The Bertz CT molecular complexity index is 659. The van der Waals surface area contributed by atoms with Gasteiger partial charge in [0.25, 0.3) is 0 Å². The van der Waals surface area contributed by atoms with Crippen LogP contribution < -0.4 is 5.32 Å². The van der Waals surface area contributed by atoms with E-state index in [9.17, 15) is 14.4 Å². The highest BCUT2D eigenvalue weighted by Gasteiger charge is 2.33. The fourth-order valence-electron chi connectivity index (χ4n) is 3.38. The van der Waals surface area contributed by atoms with Crippen LogP contribution in [0.5, 0.6) is 0 Å². The molecule has 1 heterocycles. The molecule has 1 unspecified atom stereocenters. The number of anilines is 1. The number of likely N-dealkylation sites (tertiary alicyclic amines) is 1. The summed E-state index contributed by atoms with van der Waals surface area (Å²) < 4.78 is 0. The zero-order valence-electron chi connectivity index (χ0n) is 16.0. The molecule has 1 aliphatic rings. The van der Waals surface area contributed by atoms with E-state index in [0.717, 1.165) is 30.5 Å². The molecule has 6 nitrogen and oxygen atoms in total. The van der Waals surface area contributed by atoms with Gasteiger partial charge in [-0.2, -0.15) is 0 Å². The maximum absolute atomic E-state index is 12.8. The Balaban J connectivity index is 1.99. The lowest BCUT2D eigenvalue weighted by molar-refractivity contribution is -0.147. The molecule has 1 aliphatic heterocycles.